The minimum absolute atomic E-state index is 0.0910. The van der Waals surface area contributed by atoms with E-state index in [4.69, 9.17) is 15.2 Å². The molecule has 0 spiro atoms. The summed E-state index contributed by atoms with van der Waals surface area (Å²) in [6, 6.07) is 10.7. The average Bonchev–Trinajstić information content (AvgIpc) is 3.49. The highest BCUT2D eigenvalue weighted by Crippen LogP contribution is 2.30. The third-order valence-corrected chi connectivity index (χ3v) is 5.47. The van der Waals surface area contributed by atoms with Gasteiger partial charge >= 0.3 is 6.18 Å². The van der Waals surface area contributed by atoms with Crippen LogP contribution in [0.15, 0.2) is 42.5 Å². The summed E-state index contributed by atoms with van der Waals surface area (Å²) in [5.74, 6) is 1.29. The third kappa shape index (κ3) is 4.41. The van der Waals surface area contributed by atoms with Crippen LogP contribution < -0.4 is 10.5 Å². The Morgan fingerprint density at radius 3 is 2.58 bits per heavy atom. The summed E-state index contributed by atoms with van der Waals surface area (Å²) in [6.45, 7) is 2.06. The van der Waals surface area contributed by atoms with Crippen LogP contribution in [-0.2, 0) is 24.0 Å². The van der Waals surface area contributed by atoms with E-state index >= 15 is 0 Å². The molecule has 0 amide bonds. The number of anilines is 1. The molecule has 0 unspecified atom stereocenters. The zero-order valence-corrected chi connectivity index (χ0v) is 17.7. The topological polar surface area (TPSA) is 94.1 Å². The van der Waals surface area contributed by atoms with Crippen molar-refractivity contribution < 1.29 is 22.6 Å². The summed E-state index contributed by atoms with van der Waals surface area (Å²) in [6.07, 6.45) is -4.27. The monoisotopic (exact) mass is 458 g/mol. The van der Waals surface area contributed by atoms with E-state index in [1.165, 1.54) is 16.6 Å². The number of nitrogens with two attached hydrogens (primary N) is 1. The Balaban J connectivity index is 1.44. The summed E-state index contributed by atoms with van der Waals surface area (Å²) >= 11 is 0. The van der Waals surface area contributed by atoms with Gasteiger partial charge in [0.2, 0.25) is 5.95 Å². The van der Waals surface area contributed by atoms with E-state index in [2.05, 4.69) is 15.1 Å². The maximum absolute atomic E-state index is 12.9. The van der Waals surface area contributed by atoms with Crippen molar-refractivity contribution in [2.45, 2.75) is 25.4 Å². The van der Waals surface area contributed by atoms with Crippen LogP contribution in [0.5, 0.6) is 5.75 Å². The molecule has 1 atom stereocenters. The van der Waals surface area contributed by atoms with Crippen LogP contribution in [0.4, 0.5) is 19.1 Å². The lowest BCUT2D eigenvalue weighted by atomic mass is 10.1. The van der Waals surface area contributed by atoms with Gasteiger partial charge in [-0.1, -0.05) is 18.2 Å². The fourth-order valence-corrected chi connectivity index (χ4v) is 3.80. The Morgan fingerprint density at radius 2 is 1.91 bits per heavy atom. The minimum atomic E-state index is -4.36. The van der Waals surface area contributed by atoms with Crippen LogP contribution in [0.3, 0.4) is 0 Å². The van der Waals surface area contributed by atoms with Crippen molar-refractivity contribution in [3.05, 3.63) is 59.4 Å². The first-order valence-electron chi connectivity index (χ1n) is 10.3. The molecule has 2 N–H and O–H groups in total. The number of fused-ring (bicyclic) bond motifs is 3. The van der Waals surface area contributed by atoms with Crippen LogP contribution >= 0.6 is 0 Å². The summed E-state index contributed by atoms with van der Waals surface area (Å²) in [5.41, 5.74) is 7.36. The lowest BCUT2D eigenvalue weighted by molar-refractivity contribution is -0.137. The van der Waals surface area contributed by atoms with E-state index in [1.807, 2.05) is 17.0 Å². The lowest BCUT2D eigenvalue weighted by Crippen LogP contribution is -2.27. The van der Waals surface area contributed by atoms with Crippen molar-refractivity contribution in [2.24, 2.45) is 0 Å². The van der Waals surface area contributed by atoms with Crippen molar-refractivity contribution in [1.29, 1.82) is 0 Å². The molecular weight excluding hydrogens is 437 g/mol. The van der Waals surface area contributed by atoms with E-state index in [-0.39, 0.29) is 12.1 Å². The smallest absolute Gasteiger partial charge is 0.416 e. The Hall–Kier alpha value is -3.44. The van der Waals surface area contributed by atoms with Gasteiger partial charge in [0, 0.05) is 18.5 Å². The number of hydrogen-bond donors (Lipinski definition) is 1. The van der Waals surface area contributed by atoms with Gasteiger partial charge in [-0.3, -0.25) is 4.90 Å². The second-order valence-electron chi connectivity index (χ2n) is 7.91. The number of aromatic nitrogens is 4. The van der Waals surface area contributed by atoms with Crippen LogP contribution in [-0.4, -0.2) is 50.8 Å². The number of methoxy groups -OCH3 is 1. The van der Waals surface area contributed by atoms with Gasteiger partial charge in [0.05, 0.1) is 31.9 Å². The molecule has 0 bridgehead atoms. The molecule has 8 nitrogen and oxygen atoms in total. The van der Waals surface area contributed by atoms with Gasteiger partial charge in [-0.15, -0.1) is 5.10 Å². The predicted octanol–water partition coefficient (Wildman–Crippen LogP) is 3.29. The number of nitrogens with zero attached hydrogens (tertiary/aromatic N) is 5. The number of benzene rings is 2. The fraction of sp³-hybridized carbons (Fsp3) is 0.318. The van der Waals surface area contributed by atoms with Gasteiger partial charge < -0.3 is 15.2 Å². The SMILES string of the molecule is COc1cccc2c1nc(N)n1nc(CN(Cc3ccc(C(F)(F)F)cc3)C[C@@H]3CO3)nc21. The van der Waals surface area contributed by atoms with Gasteiger partial charge in [-0.05, 0) is 29.8 Å². The summed E-state index contributed by atoms with van der Waals surface area (Å²) in [4.78, 5) is 11.1. The zero-order chi connectivity index (χ0) is 23.2. The van der Waals surface area contributed by atoms with E-state index in [9.17, 15) is 13.2 Å². The Bertz CT molecular complexity index is 1300. The van der Waals surface area contributed by atoms with Crippen molar-refractivity contribution in [3.63, 3.8) is 0 Å². The number of hydrogen-bond acceptors (Lipinski definition) is 7. The first kappa shape index (κ1) is 21.4. The van der Waals surface area contributed by atoms with Gasteiger partial charge in [0.25, 0.3) is 0 Å². The normalized spacial score (nSPS) is 16.1. The molecule has 2 aromatic carbocycles. The first-order valence-corrected chi connectivity index (χ1v) is 10.3. The fourth-order valence-electron chi connectivity index (χ4n) is 3.80. The molecule has 1 saturated heterocycles. The second kappa shape index (κ2) is 8.16. The molecule has 33 heavy (non-hydrogen) atoms. The Kier molecular flexibility index (Phi) is 5.29. The van der Waals surface area contributed by atoms with Gasteiger partial charge in [0.1, 0.15) is 11.3 Å². The standard InChI is InChI=1S/C22H21F3N6O2/c1-32-17-4-2-3-16-19(17)28-21(26)31-20(16)27-18(29-31)11-30(10-15-12-33-15)9-13-5-7-14(8-6-13)22(23,24)25/h2-8,15H,9-12H2,1H3,(H2,26,28)/t15-/m1/s1. The molecule has 1 fully saturated rings. The highest BCUT2D eigenvalue weighted by Gasteiger charge is 2.30. The quantitative estimate of drug-likeness (QED) is 0.425. The lowest BCUT2D eigenvalue weighted by Gasteiger charge is -2.20. The van der Waals surface area contributed by atoms with Crippen LogP contribution in [0, 0.1) is 0 Å². The largest absolute Gasteiger partial charge is 0.494 e. The zero-order valence-electron chi connectivity index (χ0n) is 17.7. The molecule has 172 valence electrons. The molecule has 11 heteroatoms. The molecule has 0 radical (unpaired) electrons. The second-order valence-corrected chi connectivity index (χ2v) is 7.91. The summed E-state index contributed by atoms with van der Waals surface area (Å²) in [5, 5.41) is 5.27. The summed E-state index contributed by atoms with van der Waals surface area (Å²) in [7, 11) is 1.56. The van der Waals surface area contributed by atoms with Crippen molar-refractivity contribution in [1.82, 2.24) is 24.5 Å². The third-order valence-electron chi connectivity index (χ3n) is 5.47. The van der Waals surface area contributed by atoms with Gasteiger partial charge in [0.15, 0.2) is 11.5 Å². The Morgan fingerprint density at radius 1 is 1.15 bits per heavy atom. The summed E-state index contributed by atoms with van der Waals surface area (Å²) < 4.78 is 50.8. The Labute approximate surface area is 186 Å². The minimum Gasteiger partial charge on any atom is -0.494 e. The molecule has 2 aromatic heterocycles. The van der Waals surface area contributed by atoms with Crippen molar-refractivity contribution in [3.8, 4) is 5.75 Å². The number of ether oxygens (including phenoxy) is 2. The molecule has 0 saturated carbocycles. The molecule has 4 aromatic rings. The first-order chi connectivity index (χ1) is 15.8. The number of epoxide rings is 1. The molecule has 3 heterocycles. The molecule has 0 aliphatic carbocycles. The van der Waals surface area contributed by atoms with E-state index in [0.717, 1.165) is 23.1 Å². The molecular formula is C22H21F3N6O2. The molecule has 5 rings (SSSR count). The van der Waals surface area contributed by atoms with Crippen LogP contribution in [0.1, 0.15) is 17.0 Å². The van der Waals surface area contributed by atoms with Gasteiger partial charge in [-0.25, -0.2) is 9.97 Å². The van der Waals surface area contributed by atoms with E-state index in [1.54, 1.807) is 13.2 Å². The number of alkyl halides is 3. The van der Waals surface area contributed by atoms with Crippen LogP contribution in [0.2, 0.25) is 0 Å². The van der Waals surface area contributed by atoms with Crippen molar-refractivity contribution in [2.75, 3.05) is 26.0 Å². The van der Waals surface area contributed by atoms with Gasteiger partial charge in [-0.2, -0.15) is 17.7 Å². The van der Waals surface area contributed by atoms with Crippen molar-refractivity contribution >= 4 is 22.5 Å². The number of para-hydroxylation sites is 1. The predicted molar refractivity (Wildman–Crippen MR) is 115 cm³/mol. The number of nitrogen functional groups attached to an aromatic ring is 1. The average molecular weight is 458 g/mol. The van der Waals surface area contributed by atoms with E-state index < -0.39 is 11.7 Å². The maximum Gasteiger partial charge on any atom is 0.416 e. The van der Waals surface area contributed by atoms with Crippen LogP contribution in [0.25, 0.3) is 16.6 Å². The van der Waals surface area contributed by atoms with E-state index in [0.29, 0.717) is 49.0 Å². The maximum atomic E-state index is 12.9. The number of rotatable bonds is 7. The molecule has 1 aliphatic rings. The highest BCUT2D eigenvalue weighted by atomic mass is 19.4. The number of halogens is 3. The molecule has 1 aliphatic heterocycles. The highest BCUT2D eigenvalue weighted by molar-refractivity contribution is 5.95.